The van der Waals surface area contributed by atoms with Gasteiger partial charge in [0.25, 0.3) is 5.91 Å². The van der Waals surface area contributed by atoms with E-state index in [-0.39, 0.29) is 16.9 Å². The van der Waals surface area contributed by atoms with Crippen molar-refractivity contribution < 1.29 is 9.21 Å². The highest BCUT2D eigenvalue weighted by Gasteiger charge is 2.19. The van der Waals surface area contributed by atoms with E-state index in [1.54, 1.807) is 17.0 Å². The lowest BCUT2D eigenvalue weighted by molar-refractivity contribution is 0.0962. The van der Waals surface area contributed by atoms with Crippen molar-refractivity contribution in [3.8, 4) is 0 Å². The lowest BCUT2D eigenvalue weighted by Crippen LogP contribution is -2.30. The van der Waals surface area contributed by atoms with Crippen molar-refractivity contribution in [2.45, 2.75) is 13.8 Å². The second-order valence-corrected chi connectivity index (χ2v) is 4.36. The predicted octanol–water partition coefficient (Wildman–Crippen LogP) is 3.91. The number of rotatable bonds is 3. The Bertz CT molecular complexity index is 545. The first-order valence-electron chi connectivity index (χ1n) is 5.75. The third kappa shape index (κ3) is 2.57. The minimum absolute atomic E-state index is 0.187. The number of hydrogen-bond donors (Lipinski definition) is 0. The van der Waals surface area contributed by atoms with Crippen LogP contribution in [0.4, 0.5) is 5.69 Å². The van der Waals surface area contributed by atoms with Crippen molar-refractivity contribution in [1.29, 1.82) is 0 Å². The second-order valence-electron chi connectivity index (χ2n) is 3.99. The van der Waals surface area contributed by atoms with Gasteiger partial charge in [-0.05, 0) is 49.7 Å². The number of aryl methyl sites for hydroxylation is 1. The summed E-state index contributed by atoms with van der Waals surface area (Å²) in [7, 11) is 0. The van der Waals surface area contributed by atoms with E-state index in [9.17, 15) is 4.79 Å². The maximum absolute atomic E-state index is 12.2. The minimum atomic E-state index is -0.187. The molecule has 0 aliphatic rings. The van der Waals surface area contributed by atoms with Gasteiger partial charge in [0.1, 0.15) is 0 Å². The van der Waals surface area contributed by atoms with Gasteiger partial charge in [-0.15, -0.1) is 0 Å². The zero-order chi connectivity index (χ0) is 13.1. The lowest BCUT2D eigenvalue weighted by atomic mass is 10.2. The maximum atomic E-state index is 12.2. The van der Waals surface area contributed by atoms with Crippen LogP contribution < -0.4 is 4.90 Å². The molecule has 0 atom stereocenters. The van der Waals surface area contributed by atoms with Crippen LogP contribution in [0, 0.1) is 6.92 Å². The zero-order valence-corrected chi connectivity index (χ0v) is 11.1. The molecule has 4 heteroatoms. The summed E-state index contributed by atoms with van der Waals surface area (Å²) < 4.78 is 5.15. The van der Waals surface area contributed by atoms with E-state index >= 15 is 0 Å². The number of hydrogen-bond acceptors (Lipinski definition) is 2. The number of carbonyl (C=O) groups excluding carboxylic acids is 1. The fourth-order valence-corrected chi connectivity index (χ4v) is 1.88. The van der Waals surface area contributed by atoms with Crippen LogP contribution >= 0.6 is 11.6 Å². The molecule has 3 nitrogen and oxygen atoms in total. The number of nitrogens with zero attached hydrogens (tertiary/aromatic N) is 1. The normalized spacial score (nSPS) is 10.4. The van der Waals surface area contributed by atoms with Gasteiger partial charge >= 0.3 is 0 Å². The van der Waals surface area contributed by atoms with Gasteiger partial charge in [-0.25, -0.2) is 0 Å². The van der Waals surface area contributed by atoms with Crippen molar-refractivity contribution in [3.05, 3.63) is 52.9 Å². The quantitative estimate of drug-likeness (QED) is 0.841. The first-order chi connectivity index (χ1) is 8.61. The molecular formula is C14H14ClNO2. The predicted molar refractivity (Wildman–Crippen MR) is 72.2 cm³/mol. The van der Waals surface area contributed by atoms with Crippen molar-refractivity contribution in [3.63, 3.8) is 0 Å². The Morgan fingerprint density at radius 2 is 1.89 bits per heavy atom. The molecule has 0 N–H and O–H groups in total. The number of carbonyl (C=O) groups is 1. The molecule has 0 aliphatic carbocycles. The second kappa shape index (κ2) is 5.27. The number of furan rings is 1. The van der Waals surface area contributed by atoms with Crippen LogP contribution in [0.15, 0.2) is 40.8 Å². The molecule has 0 bridgehead atoms. The molecule has 2 rings (SSSR count). The molecule has 2 aromatic rings. The average Bonchev–Trinajstić information content (AvgIpc) is 2.79. The van der Waals surface area contributed by atoms with Crippen LogP contribution in [-0.2, 0) is 0 Å². The Kier molecular flexibility index (Phi) is 3.72. The third-order valence-electron chi connectivity index (χ3n) is 2.69. The molecular weight excluding hydrogens is 250 g/mol. The van der Waals surface area contributed by atoms with Crippen LogP contribution in [0.2, 0.25) is 5.22 Å². The smallest absolute Gasteiger partial charge is 0.294 e. The molecule has 0 fully saturated rings. The molecule has 0 radical (unpaired) electrons. The first kappa shape index (κ1) is 12.7. The monoisotopic (exact) mass is 263 g/mol. The number of anilines is 1. The van der Waals surface area contributed by atoms with Crippen LogP contribution in [0.5, 0.6) is 0 Å². The van der Waals surface area contributed by atoms with Crippen molar-refractivity contribution in [2.24, 2.45) is 0 Å². The molecule has 1 aromatic carbocycles. The third-order valence-corrected chi connectivity index (χ3v) is 2.89. The number of benzene rings is 1. The molecule has 0 spiro atoms. The van der Waals surface area contributed by atoms with Crippen LogP contribution in [0.1, 0.15) is 23.0 Å². The van der Waals surface area contributed by atoms with E-state index in [4.69, 9.17) is 16.0 Å². The Labute approximate surface area is 111 Å². The summed E-state index contributed by atoms with van der Waals surface area (Å²) in [5, 5.41) is 0.221. The van der Waals surface area contributed by atoms with Crippen molar-refractivity contribution in [2.75, 3.05) is 11.4 Å². The Morgan fingerprint density at radius 3 is 2.39 bits per heavy atom. The highest BCUT2D eigenvalue weighted by Crippen LogP contribution is 2.20. The molecule has 94 valence electrons. The fraction of sp³-hybridized carbons (Fsp3) is 0.214. The molecule has 0 saturated carbocycles. The largest absolute Gasteiger partial charge is 0.440 e. The fourth-order valence-electron chi connectivity index (χ4n) is 1.73. The lowest BCUT2D eigenvalue weighted by Gasteiger charge is -2.19. The Morgan fingerprint density at radius 1 is 1.22 bits per heavy atom. The summed E-state index contributed by atoms with van der Waals surface area (Å²) in [6.07, 6.45) is 0. The standard InChI is InChI=1S/C14H14ClNO2/c1-3-16(11-6-4-10(2)5-7-11)14(17)12-8-9-13(15)18-12/h4-9H,3H2,1-2H3. The van der Waals surface area contributed by atoms with Gasteiger partial charge in [-0.3, -0.25) is 4.79 Å². The van der Waals surface area contributed by atoms with Gasteiger partial charge in [0.15, 0.2) is 11.0 Å². The Balaban J connectivity index is 2.28. The van der Waals surface area contributed by atoms with Gasteiger partial charge < -0.3 is 9.32 Å². The first-order valence-corrected chi connectivity index (χ1v) is 6.13. The highest BCUT2D eigenvalue weighted by molar-refractivity contribution is 6.29. The van der Waals surface area contributed by atoms with Crippen LogP contribution in [-0.4, -0.2) is 12.5 Å². The summed E-state index contributed by atoms with van der Waals surface area (Å²) in [4.78, 5) is 13.9. The van der Waals surface area contributed by atoms with E-state index in [1.807, 2.05) is 38.1 Å². The van der Waals surface area contributed by atoms with E-state index in [2.05, 4.69) is 0 Å². The molecule has 1 heterocycles. The maximum Gasteiger partial charge on any atom is 0.294 e. The van der Waals surface area contributed by atoms with Gasteiger partial charge in [0.2, 0.25) is 0 Å². The van der Waals surface area contributed by atoms with E-state index < -0.39 is 0 Å². The van der Waals surface area contributed by atoms with Gasteiger partial charge in [0, 0.05) is 12.2 Å². The molecule has 1 amide bonds. The van der Waals surface area contributed by atoms with Crippen LogP contribution in [0.3, 0.4) is 0 Å². The van der Waals surface area contributed by atoms with Gasteiger partial charge in [0.05, 0.1) is 0 Å². The summed E-state index contributed by atoms with van der Waals surface area (Å²) in [6.45, 7) is 4.50. The van der Waals surface area contributed by atoms with Crippen LogP contribution in [0.25, 0.3) is 0 Å². The van der Waals surface area contributed by atoms with E-state index in [1.165, 1.54) is 0 Å². The molecule has 0 aliphatic heterocycles. The summed E-state index contributed by atoms with van der Waals surface area (Å²) >= 11 is 5.68. The number of halogens is 1. The topological polar surface area (TPSA) is 33.5 Å². The van der Waals surface area contributed by atoms with E-state index in [0.717, 1.165) is 11.3 Å². The summed E-state index contributed by atoms with van der Waals surface area (Å²) in [5.41, 5.74) is 2.00. The average molecular weight is 264 g/mol. The molecule has 0 saturated heterocycles. The Hall–Kier alpha value is -1.74. The summed E-state index contributed by atoms with van der Waals surface area (Å²) in [6, 6.07) is 10.9. The molecule has 18 heavy (non-hydrogen) atoms. The molecule has 0 unspecified atom stereocenters. The van der Waals surface area contributed by atoms with E-state index in [0.29, 0.717) is 6.54 Å². The van der Waals surface area contributed by atoms with Crippen molar-refractivity contribution >= 4 is 23.2 Å². The zero-order valence-electron chi connectivity index (χ0n) is 10.3. The number of amides is 1. The SMILES string of the molecule is CCN(C(=O)c1ccc(Cl)o1)c1ccc(C)cc1. The minimum Gasteiger partial charge on any atom is -0.440 e. The van der Waals surface area contributed by atoms with Crippen molar-refractivity contribution in [1.82, 2.24) is 0 Å². The summed E-state index contributed by atoms with van der Waals surface area (Å²) in [5.74, 6) is 0.0654. The van der Waals surface area contributed by atoms with Gasteiger partial charge in [-0.2, -0.15) is 0 Å². The highest BCUT2D eigenvalue weighted by atomic mass is 35.5. The molecule has 1 aromatic heterocycles. The van der Waals surface area contributed by atoms with Gasteiger partial charge in [-0.1, -0.05) is 17.7 Å².